The van der Waals surface area contributed by atoms with Crippen LogP contribution in [-0.2, 0) is 12.8 Å². The molecule has 0 radical (unpaired) electrons. The number of nitriles is 1. The quantitative estimate of drug-likeness (QED) is 0.739. The van der Waals surface area contributed by atoms with Gasteiger partial charge >= 0.3 is 0 Å². The molecule has 0 fully saturated rings. The van der Waals surface area contributed by atoms with Crippen molar-refractivity contribution >= 4 is 11.3 Å². The zero-order valence-corrected chi connectivity index (χ0v) is 12.2. The lowest BCUT2D eigenvalue weighted by molar-refractivity contribution is 0.423. The zero-order chi connectivity index (χ0) is 14.7. The largest absolute Gasteiger partial charge is 0.334 e. The molecule has 0 amide bonds. The second kappa shape index (κ2) is 5.85. The van der Waals surface area contributed by atoms with Crippen LogP contribution in [-0.4, -0.2) is 15.1 Å². The van der Waals surface area contributed by atoms with Crippen molar-refractivity contribution < 1.29 is 4.52 Å². The Balaban J connectivity index is 1.87. The van der Waals surface area contributed by atoms with Gasteiger partial charge in [0, 0.05) is 10.9 Å². The standard InChI is InChI=1S/C15H12N4OS/c1-10-17-12(9-21-10)8-14-18-15(20-19-14)13-5-3-2-4-11(13)6-7-16/h2-5,9H,6,8H2,1H3. The van der Waals surface area contributed by atoms with Gasteiger partial charge in [-0.05, 0) is 18.6 Å². The molecule has 0 saturated carbocycles. The van der Waals surface area contributed by atoms with E-state index in [0.29, 0.717) is 24.6 Å². The maximum absolute atomic E-state index is 8.87. The summed E-state index contributed by atoms with van der Waals surface area (Å²) in [7, 11) is 0. The summed E-state index contributed by atoms with van der Waals surface area (Å²) in [6.07, 6.45) is 0.868. The molecular formula is C15H12N4OS. The van der Waals surface area contributed by atoms with Crippen LogP contribution in [0.2, 0.25) is 0 Å². The third-order valence-electron chi connectivity index (χ3n) is 2.99. The Labute approximate surface area is 125 Å². The molecular weight excluding hydrogens is 284 g/mol. The van der Waals surface area contributed by atoms with Gasteiger partial charge in [0.15, 0.2) is 5.82 Å². The molecule has 2 aromatic heterocycles. The molecule has 0 aliphatic heterocycles. The third kappa shape index (κ3) is 2.98. The molecule has 1 aromatic carbocycles. The van der Waals surface area contributed by atoms with Crippen molar-refractivity contribution in [2.75, 3.05) is 0 Å². The second-order valence-corrected chi connectivity index (χ2v) is 5.60. The van der Waals surface area contributed by atoms with Crippen LogP contribution in [0, 0.1) is 18.3 Å². The number of nitrogens with zero attached hydrogens (tertiary/aromatic N) is 4. The van der Waals surface area contributed by atoms with E-state index < -0.39 is 0 Å². The first-order valence-corrected chi connectivity index (χ1v) is 7.33. The molecule has 0 saturated heterocycles. The van der Waals surface area contributed by atoms with E-state index in [9.17, 15) is 0 Å². The summed E-state index contributed by atoms with van der Waals surface area (Å²) in [4.78, 5) is 8.79. The second-order valence-electron chi connectivity index (χ2n) is 4.54. The molecule has 0 N–H and O–H groups in total. The predicted octanol–water partition coefficient (Wildman–Crippen LogP) is 3.16. The minimum atomic E-state index is 0.319. The SMILES string of the molecule is Cc1nc(Cc2noc(-c3ccccc3CC#N)n2)cs1. The molecule has 0 unspecified atom stereocenters. The van der Waals surface area contributed by atoms with Gasteiger partial charge in [0.25, 0.3) is 5.89 Å². The van der Waals surface area contributed by atoms with Gasteiger partial charge in [-0.15, -0.1) is 11.3 Å². The lowest BCUT2D eigenvalue weighted by Crippen LogP contribution is -1.92. The molecule has 3 rings (SSSR count). The topological polar surface area (TPSA) is 75.6 Å². The fourth-order valence-electron chi connectivity index (χ4n) is 2.05. The van der Waals surface area contributed by atoms with Crippen molar-refractivity contribution in [3.8, 4) is 17.5 Å². The number of aryl methyl sites for hydroxylation is 1. The molecule has 0 atom stereocenters. The van der Waals surface area contributed by atoms with E-state index in [-0.39, 0.29) is 0 Å². The van der Waals surface area contributed by atoms with E-state index in [4.69, 9.17) is 9.78 Å². The minimum absolute atomic E-state index is 0.319. The van der Waals surface area contributed by atoms with Crippen LogP contribution in [0.25, 0.3) is 11.5 Å². The smallest absolute Gasteiger partial charge is 0.258 e. The van der Waals surface area contributed by atoms with Crippen LogP contribution in [0.4, 0.5) is 0 Å². The summed E-state index contributed by atoms with van der Waals surface area (Å²) in [5.41, 5.74) is 2.64. The Morgan fingerprint density at radius 1 is 1.29 bits per heavy atom. The molecule has 6 heteroatoms. The third-order valence-corrected chi connectivity index (χ3v) is 3.81. The highest BCUT2D eigenvalue weighted by Crippen LogP contribution is 2.23. The van der Waals surface area contributed by atoms with Crippen LogP contribution >= 0.6 is 11.3 Å². The van der Waals surface area contributed by atoms with E-state index in [2.05, 4.69) is 21.2 Å². The highest BCUT2D eigenvalue weighted by atomic mass is 32.1. The lowest BCUT2D eigenvalue weighted by atomic mass is 10.1. The van der Waals surface area contributed by atoms with Gasteiger partial charge in [-0.1, -0.05) is 23.4 Å². The molecule has 0 spiro atoms. The van der Waals surface area contributed by atoms with Gasteiger partial charge in [-0.3, -0.25) is 0 Å². The summed E-state index contributed by atoms with van der Waals surface area (Å²) in [6, 6.07) is 9.71. The molecule has 0 aliphatic carbocycles. The van der Waals surface area contributed by atoms with Crippen molar-refractivity contribution in [3.05, 3.63) is 51.7 Å². The minimum Gasteiger partial charge on any atom is -0.334 e. The average Bonchev–Trinajstić information content (AvgIpc) is 3.10. The van der Waals surface area contributed by atoms with Crippen molar-refractivity contribution in [1.29, 1.82) is 5.26 Å². The van der Waals surface area contributed by atoms with Gasteiger partial charge in [0.2, 0.25) is 0 Å². The van der Waals surface area contributed by atoms with Crippen molar-refractivity contribution in [2.24, 2.45) is 0 Å². The summed E-state index contributed by atoms with van der Waals surface area (Å²) < 4.78 is 5.32. The number of aromatic nitrogens is 3. The first-order valence-electron chi connectivity index (χ1n) is 6.45. The van der Waals surface area contributed by atoms with E-state index >= 15 is 0 Å². The van der Waals surface area contributed by atoms with Gasteiger partial charge < -0.3 is 4.52 Å². The molecule has 5 nitrogen and oxygen atoms in total. The predicted molar refractivity (Wildman–Crippen MR) is 78.7 cm³/mol. The molecule has 21 heavy (non-hydrogen) atoms. The van der Waals surface area contributed by atoms with Crippen LogP contribution in [0.5, 0.6) is 0 Å². The summed E-state index contributed by atoms with van der Waals surface area (Å²) >= 11 is 1.60. The van der Waals surface area contributed by atoms with Crippen LogP contribution in [0.1, 0.15) is 22.1 Å². The monoisotopic (exact) mass is 296 g/mol. The van der Waals surface area contributed by atoms with E-state index in [1.54, 1.807) is 11.3 Å². The van der Waals surface area contributed by atoms with Crippen molar-refractivity contribution in [1.82, 2.24) is 15.1 Å². The van der Waals surface area contributed by atoms with E-state index in [0.717, 1.165) is 21.8 Å². The molecule has 104 valence electrons. The molecule has 2 heterocycles. The number of thiazole rings is 1. The van der Waals surface area contributed by atoms with Gasteiger partial charge in [-0.2, -0.15) is 10.2 Å². The summed E-state index contributed by atoms with van der Waals surface area (Å²) in [5, 5.41) is 15.9. The Hall–Kier alpha value is -2.52. The van der Waals surface area contributed by atoms with Gasteiger partial charge in [0.1, 0.15) is 0 Å². The number of hydrogen-bond donors (Lipinski definition) is 0. The lowest BCUT2D eigenvalue weighted by Gasteiger charge is -2.00. The average molecular weight is 296 g/mol. The molecule has 0 aliphatic rings. The highest BCUT2D eigenvalue weighted by molar-refractivity contribution is 7.09. The number of rotatable bonds is 4. The number of benzene rings is 1. The maximum atomic E-state index is 8.87. The summed E-state index contributed by atoms with van der Waals surface area (Å²) in [6.45, 7) is 1.97. The van der Waals surface area contributed by atoms with Gasteiger partial charge in [-0.25, -0.2) is 4.98 Å². The molecule has 0 bridgehead atoms. The Kier molecular flexibility index (Phi) is 3.75. The van der Waals surface area contributed by atoms with Crippen LogP contribution in [0.3, 0.4) is 0 Å². The fraction of sp³-hybridized carbons (Fsp3) is 0.200. The van der Waals surface area contributed by atoms with Crippen molar-refractivity contribution in [3.63, 3.8) is 0 Å². The highest BCUT2D eigenvalue weighted by Gasteiger charge is 2.13. The van der Waals surface area contributed by atoms with Crippen molar-refractivity contribution in [2.45, 2.75) is 19.8 Å². The zero-order valence-electron chi connectivity index (χ0n) is 11.4. The first-order chi connectivity index (χ1) is 10.3. The Bertz CT molecular complexity index is 800. The Morgan fingerprint density at radius 2 is 2.14 bits per heavy atom. The maximum Gasteiger partial charge on any atom is 0.258 e. The Morgan fingerprint density at radius 3 is 2.90 bits per heavy atom. The fourth-order valence-corrected chi connectivity index (χ4v) is 2.67. The van der Waals surface area contributed by atoms with Crippen LogP contribution < -0.4 is 0 Å². The first kappa shape index (κ1) is 13.5. The summed E-state index contributed by atoms with van der Waals surface area (Å²) in [5.74, 6) is 1.05. The van der Waals surface area contributed by atoms with Crippen LogP contribution in [0.15, 0.2) is 34.2 Å². The number of hydrogen-bond acceptors (Lipinski definition) is 6. The molecule has 3 aromatic rings. The van der Waals surface area contributed by atoms with Gasteiger partial charge in [0.05, 0.1) is 29.6 Å². The normalized spacial score (nSPS) is 10.5. The van der Waals surface area contributed by atoms with E-state index in [1.165, 1.54) is 0 Å². The van der Waals surface area contributed by atoms with E-state index in [1.807, 2.05) is 36.6 Å².